The quantitative estimate of drug-likeness (QED) is 0.318. The van der Waals surface area contributed by atoms with Crippen LogP contribution in [-0.4, -0.2) is 54.7 Å². The molecule has 1 aliphatic heterocycles. The molecule has 1 aliphatic rings. The summed E-state index contributed by atoms with van der Waals surface area (Å²) < 4.78 is 34.7. The van der Waals surface area contributed by atoms with Gasteiger partial charge in [-0.05, 0) is 77.1 Å². The number of sulfonamides is 1. The molecule has 10 nitrogen and oxygen atoms in total. The summed E-state index contributed by atoms with van der Waals surface area (Å²) in [6.07, 6.45) is 0.208. The van der Waals surface area contributed by atoms with E-state index in [2.05, 4.69) is 20.5 Å². The van der Waals surface area contributed by atoms with Crippen LogP contribution in [0.1, 0.15) is 38.4 Å². The van der Waals surface area contributed by atoms with Crippen molar-refractivity contribution in [1.29, 1.82) is 0 Å². The summed E-state index contributed by atoms with van der Waals surface area (Å²) in [4.78, 5) is 22.6. The Morgan fingerprint density at radius 1 is 1.18 bits per heavy atom. The van der Waals surface area contributed by atoms with E-state index in [0.717, 1.165) is 22.2 Å². The number of amides is 1. The molecule has 0 bridgehead atoms. The first-order valence-corrected chi connectivity index (χ1v) is 13.9. The number of aryl methyl sites for hydroxylation is 1. The number of carbonyl (C=O) groups is 1. The number of benzene rings is 2. The van der Waals surface area contributed by atoms with Crippen LogP contribution in [0, 0.1) is 6.92 Å². The lowest BCUT2D eigenvalue weighted by atomic mass is 9.88. The first-order chi connectivity index (χ1) is 17.9. The van der Waals surface area contributed by atoms with Gasteiger partial charge in [0.2, 0.25) is 10.0 Å². The number of pyridine rings is 1. The van der Waals surface area contributed by atoms with Crippen LogP contribution < -0.4 is 20.3 Å². The Kier molecular flexibility index (Phi) is 8.05. The first kappa shape index (κ1) is 27.9. The molecule has 0 unspecified atom stereocenters. The van der Waals surface area contributed by atoms with Gasteiger partial charge in [-0.25, -0.2) is 18.6 Å². The average Bonchev–Trinajstić information content (AvgIpc) is 2.87. The number of aromatic nitrogens is 1. The number of aliphatic hydroxyl groups is 1. The maximum absolute atomic E-state index is 13.1. The lowest BCUT2D eigenvalue weighted by Crippen LogP contribution is -2.68. The number of piperidine rings is 1. The average molecular weight is 543 g/mol. The third-order valence-corrected chi connectivity index (χ3v) is 7.67. The van der Waals surface area contributed by atoms with Crippen molar-refractivity contribution >= 4 is 26.8 Å². The van der Waals surface area contributed by atoms with E-state index in [9.17, 15) is 18.3 Å². The molecule has 11 heteroatoms. The number of hydrogen-bond acceptors (Lipinski definition) is 8. The Morgan fingerprint density at radius 3 is 2.61 bits per heavy atom. The molecule has 2 atom stereocenters. The van der Waals surface area contributed by atoms with E-state index >= 15 is 0 Å². The molecule has 1 amide bonds. The summed E-state index contributed by atoms with van der Waals surface area (Å²) in [5.41, 5.74) is 2.28. The van der Waals surface area contributed by atoms with Gasteiger partial charge >= 0.3 is 0 Å². The van der Waals surface area contributed by atoms with Crippen LogP contribution in [0.5, 0.6) is 5.75 Å². The normalized spacial score (nSPS) is 20.3. The van der Waals surface area contributed by atoms with Crippen LogP contribution in [0.25, 0.3) is 10.9 Å². The van der Waals surface area contributed by atoms with Gasteiger partial charge in [0, 0.05) is 23.2 Å². The van der Waals surface area contributed by atoms with Crippen LogP contribution in [0.15, 0.2) is 59.5 Å². The third-order valence-electron chi connectivity index (χ3n) is 6.18. The number of hydrogen-bond donors (Lipinski definition) is 4. The van der Waals surface area contributed by atoms with E-state index < -0.39 is 33.2 Å². The van der Waals surface area contributed by atoms with E-state index in [4.69, 9.17) is 9.57 Å². The summed E-state index contributed by atoms with van der Waals surface area (Å²) in [5.74, 6) is -0.325. The number of β-amino-alcohol motifs (C(OH)–C–C–N with tert-alkyl or cyclic N) is 1. The number of nitrogens with zero attached hydrogens (tertiary/aromatic N) is 1. The summed E-state index contributed by atoms with van der Waals surface area (Å²) >= 11 is 0. The second kappa shape index (κ2) is 11.0. The Bertz CT molecular complexity index is 1410. The number of fused-ring (bicyclic) bond motifs is 1. The molecule has 0 aliphatic carbocycles. The number of rotatable bonds is 8. The van der Waals surface area contributed by atoms with Crippen molar-refractivity contribution in [1.82, 2.24) is 20.5 Å². The minimum Gasteiger partial charge on any atom is -0.489 e. The Hall–Kier alpha value is -3.09. The second-order valence-corrected chi connectivity index (χ2v) is 12.1. The van der Waals surface area contributed by atoms with Gasteiger partial charge in [0.1, 0.15) is 12.4 Å². The van der Waals surface area contributed by atoms with E-state index in [0.29, 0.717) is 18.9 Å². The number of carbonyl (C=O) groups excluding carboxylic acids is 1. The number of nitrogens with one attached hydrogen (secondary N) is 3. The summed E-state index contributed by atoms with van der Waals surface area (Å²) in [5, 5.41) is 15.0. The van der Waals surface area contributed by atoms with Crippen molar-refractivity contribution in [3.8, 4) is 5.75 Å². The van der Waals surface area contributed by atoms with Gasteiger partial charge in [0.05, 0.1) is 22.1 Å². The highest BCUT2D eigenvalue weighted by molar-refractivity contribution is 7.89. The number of para-hydroxylation sites is 1. The van der Waals surface area contributed by atoms with E-state index in [1.165, 1.54) is 12.1 Å². The molecule has 1 aromatic heterocycles. The maximum Gasteiger partial charge on any atom is 0.278 e. The second-order valence-electron chi connectivity index (χ2n) is 10.4. The zero-order valence-corrected chi connectivity index (χ0v) is 22.8. The third kappa shape index (κ3) is 6.48. The van der Waals surface area contributed by atoms with E-state index in [1.54, 1.807) is 32.9 Å². The number of hydroxylamine groups is 1. The van der Waals surface area contributed by atoms with Gasteiger partial charge < -0.3 is 15.2 Å². The largest absolute Gasteiger partial charge is 0.489 e. The predicted molar refractivity (Wildman–Crippen MR) is 143 cm³/mol. The topological polar surface area (TPSA) is 139 Å². The number of ether oxygens (including phenoxy) is 1. The van der Waals surface area contributed by atoms with Crippen LogP contribution in [0.2, 0.25) is 0 Å². The lowest BCUT2D eigenvalue weighted by Gasteiger charge is -2.39. The molecule has 4 rings (SSSR count). The summed E-state index contributed by atoms with van der Waals surface area (Å²) in [6, 6.07) is 14.7. The summed E-state index contributed by atoms with van der Waals surface area (Å²) in [6.45, 7) is 7.74. The Labute approximate surface area is 222 Å². The highest BCUT2D eigenvalue weighted by Gasteiger charge is 2.48. The molecule has 1 fully saturated rings. The van der Waals surface area contributed by atoms with Gasteiger partial charge in [-0.2, -0.15) is 0 Å². The fourth-order valence-corrected chi connectivity index (χ4v) is 5.53. The summed E-state index contributed by atoms with van der Waals surface area (Å²) in [7, 11) is -4.05. The highest BCUT2D eigenvalue weighted by Crippen LogP contribution is 2.24. The fraction of sp³-hybridized carbons (Fsp3) is 0.407. The molecular formula is C27H34N4O6S. The zero-order chi connectivity index (χ0) is 27.6. The molecule has 2 aromatic carbocycles. The molecule has 3 aromatic rings. The van der Waals surface area contributed by atoms with Gasteiger partial charge in [0.25, 0.3) is 5.91 Å². The van der Waals surface area contributed by atoms with Crippen molar-refractivity contribution in [2.24, 2.45) is 0 Å². The molecule has 0 radical (unpaired) electrons. The van der Waals surface area contributed by atoms with Crippen molar-refractivity contribution in [2.75, 3.05) is 13.1 Å². The Balaban J connectivity index is 1.45. The molecule has 1 saturated heterocycles. The van der Waals surface area contributed by atoms with Crippen LogP contribution >= 0.6 is 0 Å². The van der Waals surface area contributed by atoms with Crippen LogP contribution in [-0.2, 0) is 26.3 Å². The maximum atomic E-state index is 13.1. The lowest BCUT2D eigenvalue weighted by molar-refractivity contribution is -0.167. The van der Waals surface area contributed by atoms with Gasteiger partial charge in [0.15, 0.2) is 5.60 Å². The zero-order valence-electron chi connectivity index (χ0n) is 21.9. The van der Waals surface area contributed by atoms with Crippen molar-refractivity contribution < 1.29 is 27.9 Å². The minimum absolute atomic E-state index is 0.0118. The van der Waals surface area contributed by atoms with Gasteiger partial charge in [-0.1, -0.05) is 18.2 Å². The SMILES string of the molecule is Cc1cc(COc2ccc(S(=O)(=O)N[C@@H]3CCNC[C@]3(O)C(=O)NOC(C)(C)C)cc2)c2ccccc2n1. The van der Waals surface area contributed by atoms with Gasteiger partial charge in [-0.3, -0.25) is 14.6 Å². The van der Waals surface area contributed by atoms with Crippen LogP contribution in [0.4, 0.5) is 0 Å². The molecular weight excluding hydrogens is 508 g/mol. The standard InChI is InChI=1S/C27H34N4O6S/c1-18-15-19(22-7-5-6-8-23(22)29-18)16-36-20-9-11-21(12-10-20)38(34,35)31-24-13-14-28-17-27(24,33)25(32)30-37-26(2,3)4/h5-12,15,24,28,31,33H,13-14,16-17H2,1-4H3,(H,30,32)/t24-,27-/m1/s1. The fourth-order valence-electron chi connectivity index (χ4n) is 4.22. The molecule has 38 heavy (non-hydrogen) atoms. The Morgan fingerprint density at radius 2 is 1.89 bits per heavy atom. The molecule has 2 heterocycles. The molecule has 4 N–H and O–H groups in total. The van der Waals surface area contributed by atoms with E-state index in [-0.39, 0.29) is 17.9 Å². The minimum atomic E-state index is -4.05. The highest BCUT2D eigenvalue weighted by atomic mass is 32.2. The van der Waals surface area contributed by atoms with Crippen molar-refractivity contribution in [3.63, 3.8) is 0 Å². The van der Waals surface area contributed by atoms with E-state index in [1.807, 2.05) is 37.3 Å². The molecule has 204 valence electrons. The van der Waals surface area contributed by atoms with Crippen molar-refractivity contribution in [2.45, 2.75) is 62.9 Å². The molecule has 0 spiro atoms. The van der Waals surface area contributed by atoms with Crippen LogP contribution in [0.3, 0.4) is 0 Å². The smallest absolute Gasteiger partial charge is 0.278 e. The van der Waals surface area contributed by atoms with Crippen molar-refractivity contribution in [3.05, 3.63) is 65.9 Å². The monoisotopic (exact) mass is 542 g/mol. The first-order valence-electron chi connectivity index (χ1n) is 12.4. The molecule has 0 saturated carbocycles. The predicted octanol–water partition coefficient (Wildman–Crippen LogP) is 2.34. The van der Waals surface area contributed by atoms with Gasteiger partial charge in [-0.15, -0.1) is 0 Å².